The van der Waals surface area contributed by atoms with Crippen LogP contribution in [-0.4, -0.2) is 18.9 Å². The molecule has 0 fully saturated rings. The molecule has 0 aliphatic rings. The summed E-state index contributed by atoms with van der Waals surface area (Å²) in [5, 5.41) is 0.445. The molecule has 19 heavy (non-hydrogen) atoms. The molecule has 0 spiro atoms. The molecule has 2 heterocycles. The number of fused-ring (bicyclic) bond motifs is 1. The van der Waals surface area contributed by atoms with Gasteiger partial charge in [0.15, 0.2) is 12.3 Å². The van der Waals surface area contributed by atoms with Crippen molar-refractivity contribution in [2.24, 2.45) is 0 Å². The highest BCUT2D eigenvalue weighted by molar-refractivity contribution is 7.92. The number of aryl methyl sites for hydroxylation is 1. The van der Waals surface area contributed by atoms with E-state index in [1.165, 1.54) is 10.3 Å². The summed E-state index contributed by atoms with van der Waals surface area (Å²) in [6.45, 7) is 1.79. The molecule has 0 N–H and O–H groups in total. The van der Waals surface area contributed by atoms with Gasteiger partial charge in [0.25, 0.3) is 0 Å². The number of nitrogens with zero attached hydrogens (tertiary/aromatic N) is 4. The number of halogens is 2. The molecule has 0 unspecified atom stereocenters. The second kappa shape index (κ2) is 4.79. The maximum Gasteiger partial charge on any atom is 0.171 e. The Labute approximate surface area is 118 Å². The second-order valence-corrected chi connectivity index (χ2v) is 4.87. The molecule has 4 nitrogen and oxygen atoms in total. The van der Waals surface area contributed by atoms with Crippen molar-refractivity contribution in [2.75, 3.05) is 0 Å². The minimum Gasteiger partial charge on any atom is -0.245 e. The highest BCUT2D eigenvalue weighted by atomic mass is 35.5. The van der Waals surface area contributed by atoms with Crippen LogP contribution in [0.1, 0.15) is 5.82 Å². The van der Waals surface area contributed by atoms with E-state index in [1.807, 2.05) is 12.1 Å². The Hall–Kier alpha value is -1.66. The molecule has 0 aliphatic carbocycles. The number of hydrogen-bond acceptors (Lipinski definition) is 4. The van der Waals surface area contributed by atoms with Crippen molar-refractivity contribution in [3.05, 3.63) is 41.6 Å². The molecule has 0 bridgehead atoms. The van der Waals surface area contributed by atoms with Gasteiger partial charge < -0.3 is 0 Å². The van der Waals surface area contributed by atoms with Crippen LogP contribution in [0.4, 0.5) is 3.89 Å². The molecule has 7 heteroatoms. The molecule has 96 valence electrons. The van der Waals surface area contributed by atoms with Gasteiger partial charge in [-0.3, -0.25) is 0 Å². The first kappa shape index (κ1) is 12.4. The number of imidazole rings is 1. The van der Waals surface area contributed by atoms with Crippen LogP contribution in [0.15, 0.2) is 30.7 Å². The van der Waals surface area contributed by atoms with Crippen molar-refractivity contribution in [3.8, 4) is 11.3 Å². The third-order valence-electron chi connectivity index (χ3n) is 2.74. The average molecular weight is 295 g/mol. The molecule has 2 aromatic heterocycles. The normalized spacial score (nSPS) is 11.1. The Morgan fingerprint density at radius 2 is 2.16 bits per heavy atom. The molecule has 0 saturated carbocycles. The summed E-state index contributed by atoms with van der Waals surface area (Å²) >= 11 is 6.24. The SMILES string of the molecule is Cc1ncc(Cl)c(-c2cccc3c2ncn3SF)n1. The van der Waals surface area contributed by atoms with E-state index < -0.39 is 0 Å². The summed E-state index contributed by atoms with van der Waals surface area (Å²) in [5.74, 6) is 0.621. The summed E-state index contributed by atoms with van der Waals surface area (Å²) in [7, 11) is 0. The molecular formula is C12H8ClFN4S. The van der Waals surface area contributed by atoms with Crippen molar-refractivity contribution in [1.82, 2.24) is 18.9 Å². The lowest BCUT2D eigenvalue weighted by molar-refractivity contribution is 0.919. The van der Waals surface area contributed by atoms with Gasteiger partial charge in [0.1, 0.15) is 12.2 Å². The van der Waals surface area contributed by atoms with Crippen LogP contribution in [0, 0.1) is 6.92 Å². The van der Waals surface area contributed by atoms with E-state index >= 15 is 0 Å². The van der Waals surface area contributed by atoms with Gasteiger partial charge in [0.2, 0.25) is 0 Å². The van der Waals surface area contributed by atoms with Crippen molar-refractivity contribution >= 4 is 35.0 Å². The Bertz CT molecular complexity index is 759. The Kier molecular flexibility index (Phi) is 3.12. The van der Waals surface area contributed by atoms with Gasteiger partial charge in [-0.05, 0) is 13.0 Å². The largest absolute Gasteiger partial charge is 0.245 e. The second-order valence-electron chi connectivity index (χ2n) is 3.93. The van der Waals surface area contributed by atoms with Crippen molar-refractivity contribution in [1.29, 1.82) is 0 Å². The monoisotopic (exact) mass is 294 g/mol. The number of para-hydroxylation sites is 1. The first-order valence-electron chi connectivity index (χ1n) is 5.45. The van der Waals surface area contributed by atoms with Gasteiger partial charge in [0, 0.05) is 11.8 Å². The molecule has 1 aromatic carbocycles. The lowest BCUT2D eigenvalue weighted by Crippen LogP contribution is -1.92. The Morgan fingerprint density at radius 1 is 1.32 bits per heavy atom. The van der Waals surface area contributed by atoms with E-state index in [0.717, 1.165) is 5.56 Å². The van der Waals surface area contributed by atoms with E-state index in [9.17, 15) is 3.89 Å². The summed E-state index contributed by atoms with van der Waals surface area (Å²) in [5.41, 5.74) is 2.71. The van der Waals surface area contributed by atoms with Crippen molar-refractivity contribution < 1.29 is 3.89 Å². The number of hydrogen-bond donors (Lipinski definition) is 0. The fourth-order valence-electron chi connectivity index (χ4n) is 1.91. The van der Waals surface area contributed by atoms with Gasteiger partial charge in [0.05, 0.1) is 21.7 Å². The van der Waals surface area contributed by atoms with E-state index in [-0.39, 0.29) is 12.3 Å². The Balaban J connectivity index is 2.31. The molecule has 0 aliphatic heterocycles. The van der Waals surface area contributed by atoms with E-state index in [0.29, 0.717) is 27.6 Å². The zero-order chi connectivity index (χ0) is 13.4. The molecule has 0 saturated heterocycles. The van der Waals surface area contributed by atoms with Crippen LogP contribution in [0.5, 0.6) is 0 Å². The van der Waals surface area contributed by atoms with Crippen LogP contribution >= 0.6 is 23.9 Å². The first-order chi connectivity index (χ1) is 9.20. The van der Waals surface area contributed by atoms with Crippen LogP contribution in [0.2, 0.25) is 5.02 Å². The van der Waals surface area contributed by atoms with Gasteiger partial charge in [-0.25, -0.2) is 18.9 Å². The van der Waals surface area contributed by atoms with E-state index in [2.05, 4.69) is 15.0 Å². The molecule has 3 rings (SSSR count). The maximum absolute atomic E-state index is 12.8. The fraction of sp³-hybridized carbons (Fsp3) is 0.0833. The average Bonchev–Trinajstić information content (AvgIpc) is 2.84. The Morgan fingerprint density at radius 3 is 2.95 bits per heavy atom. The predicted molar refractivity (Wildman–Crippen MR) is 74.6 cm³/mol. The number of aromatic nitrogens is 4. The van der Waals surface area contributed by atoms with Crippen LogP contribution < -0.4 is 0 Å². The zero-order valence-electron chi connectivity index (χ0n) is 9.84. The molecule has 0 amide bonds. The van der Waals surface area contributed by atoms with Crippen molar-refractivity contribution in [2.45, 2.75) is 6.92 Å². The van der Waals surface area contributed by atoms with Crippen LogP contribution in [-0.2, 0) is 0 Å². The first-order valence-corrected chi connectivity index (χ1v) is 6.50. The third kappa shape index (κ3) is 2.06. The maximum atomic E-state index is 12.8. The van der Waals surface area contributed by atoms with Crippen LogP contribution in [0.25, 0.3) is 22.3 Å². The van der Waals surface area contributed by atoms with E-state index in [4.69, 9.17) is 11.6 Å². The van der Waals surface area contributed by atoms with Gasteiger partial charge in [-0.15, -0.1) is 3.89 Å². The third-order valence-corrected chi connectivity index (χ3v) is 3.45. The lowest BCUT2D eigenvalue weighted by Gasteiger charge is -2.05. The lowest BCUT2D eigenvalue weighted by atomic mass is 10.1. The van der Waals surface area contributed by atoms with Crippen molar-refractivity contribution in [3.63, 3.8) is 0 Å². The minimum absolute atomic E-state index is 0.105. The standard InChI is InChI=1S/C12H8ClFN4S/c1-7-15-5-9(13)11(17-7)8-3-2-4-10-12(8)16-6-18(10)19-14/h2-6H,1H3. The molecular weight excluding hydrogens is 287 g/mol. The summed E-state index contributed by atoms with van der Waals surface area (Å²) < 4.78 is 14.1. The summed E-state index contributed by atoms with van der Waals surface area (Å²) in [4.78, 5) is 12.6. The fourth-order valence-corrected chi connectivity index (χ4v) is 2.40. The topological polar surface area (TPSA) is 43.6 Å². The smallest absolute Gasteiger partial charge is 0.171 e. The molecule has 3 aromatic rings. The highest BCUT2D eigenvalue weighted by Gasteiger charge is 2.13. The number of benzene rings is 1. The molecule has 0 radical (unpaired) electrons. The van der Waals surface area contributed by atoms with Gasteiger partial charge in [-0.1, -0.05) is 23.7 Å². The predicted octanol–water partition coefficient (Wildman–Crippen LogP) is 3.84. The summed E-state index contributed by atoms with van der Waals surface area (Å²) in [6, 6.07) is 5.47. The van der Waals surface area contributed by atoms with Gasteiger partial charge in [-0.2, -0.15) is 0 Å². The zero-order valence-corrected chi connectivity index (χ0v) is 11.4. The number of rotatable bonds is 2. The van der Waals surface area contributed by atoms with E-state index in [1.54, 1.807) is 19.2 Å². The highest BCUT2D eigenvalue weighted by Crippen LogP contribution is 2.32. The summed E-state index contributed by atoms with van der Waals surface area (Å²) in [6.07, 6.45) is 2.99. The van der Waals surface area contributed by atoms with Gasteiger partial charge >= 0.3 is 0 Å². The van der Waals surface area contributed by atoms with Crippen LogP contribution in [0.3, 0.4) is 0 Å². The minimum atomic E-state index is 0.105. The molecule has 0 atom stereocenters. The quantitative estimate of drug-likeness (QED) is 0.720.